The first kappa shape index (κ1) is 6.78. The minimum absolute atomic E-state index is 1.22. The first-order chi connectivity index (χ1) is 6.36. The molecule has 0 aliphatic carbocycles. The predicted molar refractivity (Wildman–Crippen MR) is 54.9 cm³/mol. The second-order valence-electron chi connectivity index (χ2n) is 3.40. The van der Waals surface area contributed by atoms with E-state index in [2.05, 4.69) is 35.1 Å². The van der Waals surface area contributed by atoms with Crippen molar-refractivity contribution in [2.45, 2.75) is 6.92 Å². The SMILES string of the molecule is Cc1cc2cc[nH]c2c2cc[nH]c12. The van der Waals surface area contributed by atoms with Gasteiger partial charge in [0.05, 0.1) is 11.0 Å². The highest BCUT2D eigenvalue weighted by Gasteiger charge is 2.04. The summed E-state index contributed by atoms with van der Waals surface area (Å²) >= 11 is 0. The zero-order valence-corrected chi connectivity index (χ0v) is 7.39. The van der Waals surface area contributed by atoms with Crippen LogP contribution in [0, 0.1) is 6.92 Å². The zero-order valence-electron chi connectivity index (χ0n) is 7.39. The molecule has 2 nitrogen and oxygen atoms in total. The van der Waals surface area contributed by atoms with Gasteiger partial charge in [-0.05, 0) is 30.7 Å². The van der Waals surface area contributed by atoms with Crippen molar-refractivity contribution in [1.29, 1.82) is 0 Å². The Morgan fingerprint density at radius 2 is 1.77 bits per heavy atom. The third-order valence-corrected chi connectivity index (χ3v) is 2.56. The number of fused-ring (bicyclic) bond motifs is 3. The van der Waals surface area contributed by atoms with Crippen molar-refractivity contribution in [2.24, 2.45) is 0 Å². The number of rotatable bonds is 0. The van der Waals surface area contributed by atoms with Crippen LogP contribution in [0.4, 0.5) is 0 Å². The average Bonchev–Trinajstić information content (AvgIpc) is 2.66. The maximum Gasteiger partial charge on any atom is 0.0549 e. The van der Waals surface area contributed by atoms with Gasteiger partial charge in [0.25, 0.3) is 0 Å². The number of benzene rings is 1. The second kappa shape index (κ2) is 2.16. The van der Waals surface area contributed by atoms with E-state index in [1.807, 2.05) is 12.4 Å². The Kier molecular flexibility index (Phi) is 1.13. The van der Waals surface area contributed by atoms with E-state index in [1.54, 1.807) is 0 Å². The van der Waals surface area contributed by atoms with E-state index < -0.39 is 0 Å². The number of H-pyrrole nitrogens is 2. The Labute approximate surface area is 75.6 Å². The van der Waals surface area contributed by atoms with Gasteiger partial charge >= 0.3 is 0 Å². The summed E-state index contributed by atoms with van der Waals surface area (Å²) in [6.07, 6.45) is 3.97. The lowest BCUT2D eigenvalue weighted by atomic mass is 10.1. The number of hydrogen-bond acceptors (Lipinski definition) is 0. The number of aromatic amines is 2. The molecule has 13 heavy (non-hydrogen) atoms. The minimum atomic E-state index is 1.22. The van der Waals surface area contributed by atoms with Gasteiger partial charge in [0.15, 0.2) is 0 Å². The minimum Gasteiger partial charge on any atom is -0.361 e. The number of nitrogens with one attached hydrogen (secondary N) is 2. The Morgan fingerprint density at radius 3 is 2.69 bits per heavy atom. The van der Waals surface area contributed by atoms with E-state index in [1.165, 1.54) is 27.4 Å². The van der Waals surface area contributed by atoms with Gasteiger partial charge < -0.3 is 9.97 Å². The molecule has 2 aromatic heterocycles. The molecule has 3 rings (SSSR count). The highest BCUT2D eigenvalue weighted by molar-refractivity contribution is 6.05. The van der Waals surface area contributed by atoms with Crippen LogP contribution in [-0.4, -0.2) is 9.97 Å². The van der Waals surface area contributed by atoms with Crippen LogP contribution in [0.25, 0.3) is 21.8 Å². The Hall–Kier alpha value is -1.70. The first-order valence-electron chi connectivity index (χ1n) is 4.40. The summed E-state index contributed by atoms with van der Waals surface area (Å²) in [5, 5.41) is 2.56. The highest BCUT2D eigenvalue weighted by Crippen LogP contribution is 2.26. The molecule has 2 N–H and O–H groups in total. The van der Waals surface area contributed by atoms with Crippen LogP contribution in [0.1, 0.15) is 5.56 Å². The van der Waals surface area contributed by atoms with Crippen LogP contribution in [0.3, 0.4) is 0 Å². The third kappa shape index (κ3) is 0.773. The molecule has 0 saturated heterocycles. The fourth-order valence-electron chi connectivity index (χ4n) is 1.94. The predicted octanol–water partition coefficient (Wildman–Crippen LogP) is 2.96. The molecule has 0 radical (unpaired) electrons. The van der Waals surface area contributed by atoms with Gasteiger partial charge in [0, 0.05) is 23.2 Å². The fourth-order valence-corrected chi connectivity index (χ4v) is 1.94. The standard InChI is InChI=1S/C11H10N2/c1-7-6-8-2-4-13-11(8)9-3-5-12-10(7)9/h2-6,12-13H,1H3. The van der Waals surface area contributed by atoms with Crippen molar-refractivity contribution in [2.75, 3.05) is 0 Å². The number of aryl methyl sites for hydroxylation is 1. The van der Waals surface area contributed by atoms with Gasteiger partial charge in [0.1, 0.15) is 0 Å². The molecular formula is C11H10N2. The monoisotopic (exact) mass is 170 g/mol. The van der Waals surface area contributed by atoms with Crippen LogP contribution in [0.5, 0.6) is 0 Å². The summed E-state index contributed by atoms with van der Waals surface area (Å²) in [5.74, 6) is 0. The molecule has 0 saturated carbocycles. The number of aromatic nitrogens is 2. The van der Waals surface area contributed by atoms with Gasteiger partial charge in [-0.2, -0.15) is 0 Å². The van der Waals surface area contributed by atoms with Crippen LogP contribution in [0.15, 0.2) is 30.6 Å². The molecule has 0 aliphatic heterocycles. The van der Waals surface area contributed by atoms with E-state index in [-0.39, 0.29) is 0 Å². The van der Waals surface area contributed by atoms with Gasteiger partial charge in [-0.1, -0.05) is 0 Å². The molecule has 0 amide bonds. The van der Waals surface area contributed by atoms with Crippen molar-refractivity contribution in [3.05, 3.63) is 36.2 Å². The molecular weight excluding hydrogens is 160 g/mol. The van der Waals surface area contributed by atoms with Crippen molar-refractivity contribution in [3.8, 4) is 0 Å². The topological polar surface area (TPSA) is 31.6 Å². The van der Waals surface area contributed by atoms with E-state index >= 15 is 0 Å². The summed E-state index contributed by atoms with van der Waals surface area (Å²) in [6.45, 7) is 2.13. The van der Waals surface area contributed by atoms with E-state index in [0.717, 1.165) is 0 Å². The zero-order chi connectivity index (χ0) is 8.84. The molecule has 0 atom stereocenters. The van der Waals surface area contributed by atoms with Crippen LogP contribution < -0.4 is 0 Å². The Bertz CT molecular complexity index is 572. The first-order valence-corrected chi connectivity index (χ1v) is 4.40. The molecule has 64 valence electrons. The smallest absolute Gasteiger partial charge is 0.0549 e. The summed E-state index contributed by atoms with van der Waals surface area (Å²) in [6, 6.07) is 6.42. The Balaban J connectivity index is 2.70. The molecule has 2 heterocycles. The summed E-state index contributed by atoms with van der Waals surface area (Å²) in [7, 11) is 0. The van der Waals surface area contributed by atoms with E-state index in [0.29, 0.717) is 0 Å². The van der Waals surface area contributed by atoms with E-state index in [9.17, 15) is 0 Å². The van der Waals surface area contributed by atoms with Gasteiger partial charge in [-0.25, -0.2) is 0 Å². The van der Waals surface area contributed by atoms with Crippen LogP contribution >= 0.6 is 0 Å². The summed E-state index contributed by atoms with van der Waals surface area (Å²) < 4.78 is 0. The molecule has 0 aliphatic rings. The van der Waals surface area contributed by atoms with Gasteiger partial charge in [0.2, 0.25) is 0 Å². The lowest BCUT2D eigenvalue weighted by Crippen LogP contribution is -1.77. The maximum absolute atomic E-state index is 3.26. The molecule has 2 heteroatoms. The van der Waals surface area contributed by atoms with E-state index in [4.69, 9.17) is 0 Å². The molecule has 0 fully saturated rings. The largest absolute Gasteiger partial charge is 0.361 e. The van der Waals surface area contributed by atoms with Crippen molar-refractivity contribution >= 4 is 21.8 Å². The molecule has 0 unspecified atom stereocenters. The quantitative estimate of drug-likeness (QED) is 0.520. The lowest BCUT2D eigenvalue weighted by molar-refractivity contribution is 1.42. The molecule has 0 bridgehead atoms. The van der Waals surface area contributed by atoms with Gasteiger partial charge in [-0.3, -0.25) is 0 Å². The normalized spacial score (nSPS) is 11.5. The highest BCUT2D eigenvalue weighted by atomic mass is 14.7. The molecule has 0 spiro atoms. The molecule has 3 aromatic rings. The van der Waals surface area contributed by atoms with Crippen LogP contribution in [0.2, 0.25) is 0 Å². The van der Waals surface area contributed by atoms with Crippen molar-refractivity contribution < 1.29 is 0 Å². The van der Waals surface area contributed by atoms with Crippen LogP contribution in [-0.2, 0) is 0 Å². The maximum atomic E-state index is 3.26. The third-order valence-electron chi connectivity index (χ3n) is 2.56. The Morgan fingerprint density at radius 1 is 1.00 bits per heavy atom. The summed E-state index contributed by atoms with van der Waals surface area (Å²) in [4.78, 5) is 6.51. The second-order valence-corrected chi connectivity index (χ2v) is 3.40. The fraction of sp³-hybridized carbons (Fsp3) is 0.0909. The lowest BCUT2D eigenvalue weighted by Gasteiger charge is -1.97. The van der Waals surface area contributed by atoms with Gasteiger partial charge in [-0.15, -0.1) is 0 Å². The number of hydrogen-bond donors (Lipinski definition) is 2. The molecule has 1 aromatic carbocycles. The van der Waals surface area contributed by atoms with Crippen molar-refractivity contribution in [1.82, 2.24) is 9.97 Å². The summed E-state index contributed by atoms with van der Waals surface area (Å²) in [5.41, 5.74) is 3.75. The van der Waals surface area contributed by atoms with Crippen molar-refractivity contribution in [3.63, 3.8) is 0 Å². The average molecular weight is 170 g/mol.